The maximum atomic E-state index is 13.0. The fraction of sp³-hybridized carbons (Fsp3) is 0.409. The highest BCUT2D eigenvalue weighted by Crippen LogP contribution is 2.60. The summed E-state index contributed by atoms with van der Waals surface area (Å²) < 4.78 is 17.0. The molecule has 5 atom stereocenters. The summed E-state index contributed by atoms with van der Waals surface area (Å²) in [7, 11) is 6.27. The largest absolute Gasteiger partial charge is 0.496 e. The van der Waals surface area contributed by atoms with Crippen LogP contribution in [0.15, 0.2) is 42.5 Å². The second-order valence-electron chi connectivity index (χ2n) is 7.71. The number of fused-ring (bicyclic) bond motifs is 3. The van der Waals surface area contributed by atoms with Crippen LogP contribution in [0.5, 0.6) is 17.2 Å². The molecular weight excluding hydrogens is 374 g/mol. The lowest BCUT2D eigenvalue weighted by Crippen LogP contribution is -2.45. The third-order valence-corrected chi connectivity index (χ3v) is 6.00. The number of benzene rings is 2. The van der Waals surface area contributed by atoms with E-state index in [9.17, 15) is 15.0 Å². The minimum Gasteiger partial charge on any atom is -0.496 e. The number of nitrogens with zero attached hydrogens (tertiary/aromatic N) is 1. The number of amides is 1. The number of hydrogen-bond acceptors (Lipinski definition) is 6. The van der Waals surface area contributed by atoms with E-state index in [0.29, 0.717) is 22.8 Å². The second kappa shape index (κ2) is 6.93. The lowest BCUT2D eigenvalue weighted by molar-refractivity contribution is -0.142. The first-order valence-electron chi connectivity index (χ1n) is 9.44. The average Bonchev–Trinajstić information content (AvgIpc) is 3.14. The molecule has 0 bridgehead atoms. The third-order valence-electron chi connectivity index (χ3n) is 6.00. The highest BCUT2D eigenvalue weighted by Gasteiger charge is 2.69. The number of aliphatic hydroxyl groups excluding tert-OH is 1. The molecule has 1 saturated carbocycles. The molecule has 7 nitrogen and oxygen atoms in total. The molecule has 1 aliphatic heterocycles. The molecule has 1 unspecified atom stereocenters. The van der Waals surface area contributed by atoms with Gasteiger partial charge in [-0.15, -0.1) is 0 Å². The number of carbonyl (C=O) groups excluding carboxylic acids is 1. The van der Waals surface area contributed by atoms with Crippen molar-refractivity contribution in [3.8, 4) is 17.2 Å². The zero-order valence-electron chi connectivity index (χ0n) is 16.8. The lowest BCUT2D eigenvalue weighted by Gasteiger charge is -2.28. The molecule has 0 radical (unpaired) electrons. The van der Waals surface area contributed by atoms with Crippen LogP contribution >= 0.6 is 0 Å². The number of methoxy groups -OCH3 is 2. The van der Waals surface area contributed by atoms with E-state index in [-0.39, 0.29) is 5.91 Å². The molecule has 0 spiro atoms. The van der Waals surface area contributed by atoms with Crippen LogP contribution in [0.1, 0.15) is 17.0 Å². The molecule has 2 aromatic rings. The van der Waals surface area contributed by atoms with Crippen molar-refractivity contribution in [3.05, 3.63) is 53.6 Å². The average molecular weight is 399 g/mol. The van der Waals surface area contributed by atoms with Gasteiger partial charge >= 0.3 is 0 Å². The van der Waals surface area contributed by atoms with Crippen LogP contribution in [0.3, 0.4) is 0 Å². The summed E-state index contributed by atoms with van der Waals surface area (Å²) in [6.07, 6.45) is -2.24. The topological polar surface area (TPSA) is 88.5 Å². The molecular formula is C22H25NO6. The van der Waals surface area contributed by atoms with Crippen LogP contribution < -0.4 is 14.2 Å². The lowest BCUT2D eigenvalue weighted by atomic mass is 9.86. The van der Waals surface area contributed by atoms with Crippen LogP contribution in [0, 0.1) is 5.92 Å². The summed E-state index contributed by atoms with van der Waals surface area (Å²) in [5.74, 6) is -0.461. The van der Waals surface area contributed by atoms with E-state index in [1.54, 1.807) is 26.2 Å². The van der Waals surface area contributed by atoms with Crippen LogP contribution in [-0.2, 0) is 10.4 Å². The Kier molecular flexibility index (Phi) is 4.67. The third kappa shape index (κ3) is 2.68. The summed E-state index contributed by atoms with van der Waals surface area (Å²) in [5.41, 5.74) is -0.649. The molecule has 154 valence electrons. The van der Waals surface area contributed by atoms with E-state index in [4.69, 9.17) is 14.2 Å². The van der Waals surface area contributed by atoms with Crippen LogP contribution in [0.25, 0.3) is 0 Å². The Labute approximate surface area is 169 Å². The zero-order chi connectivity index (χ0) is 20.9. The van der Waals surface area contributed by atoms with Crippen LogP contribution in [0.2, 0.25) is 0 Å². The van der Waals surface area contributed by atoms with Crippen molar-refractivity contribution in [2.75, 3.05) is 28.3 Å². The van der Waals surface area contributed by atoms with Gasteiger partial charge in [0, 0.05) is 32.1 Å². The Morgan fingerprint density at radius 3 is 2.41 bits per heavy atom. The van der Waals surface area contributed by atoms with Crippen molar-refractivity contribution in [3.63, 3.8) is 0 Å². The molecule has 1 aliphatic carbocycles. The molecule has 2 aromatic carbocycles. The van der Waals surface area contributed by atoms with Crippen molar-refractivity contribution in [2.45, 2.75) is 23.7 Å². The van der Waals surface area contributed by atoms with Gasteiger partial charge in [-0.3, -0.25) is 4.79 Å². The van der Waals surface area contributed by atoms with Crippen LogP contribution in [-0.4, -0.2) is 61.5 Å². The summed E-state index contributed by atoms with van der Waals surface area (Å²) in [6, 6.07) is 12.7. The zero-order valence-corrected chi connectivity index (χ0v) is 16.8. The fourth-order valence-corrected chi connectivity index (χ4v) is 4.67. The van der Waals surface area contributed by atoms with Crippen LogP contribution in [0.4, 0.5) is 0 Å². The second-order valence-corrected chi connectivity index (χ2v) is 7.71. The number of carbonyl (C=O) groups is 1. The number of hydrogen-bond donors (Lipinski definition) is 2. The minimum atomic E-state index is -1.80. The Balaban J connectivity index is 1.92. The molecule has 1 fully saturated rings. The molecule has 0 aromatic heterocycles. The van der Waals surface area contributed by atoms with Gasteiger partial charge in [-0.25, -0.2) is 0 Å². The van der Waals surface area contributed by atoms with E-state index < -0.39 is 29.6 Å². The maximum Gasteiger partial charge on any atom is 0.228 e. The van der Waals surface area contributed by atoms with E-state index in [1.165, 1.54) is 19.1 Å². The smallest absolute Gasteiger partial charge is 0.228 e. The van der Waals surface area contributed by atoms with Gasteiger partial charge in [0.1, 0.15) is 29.5 Å². The van der Waals surface area contributed by atoms with Gasteiger partial charge in [0.05, 0.1) is 25.7 Å². The van der Waals surface area contributed by atoms with Gasteiger partial charge in [-0.05, 0) is 5.56 Å². The summed E-state index contributed by atoms with van der Waals surface area (Å²) in [5, 5.41) is 23.1. The number of aliphatic hydroxyl groups is 2. The summed E-state index contributed by atoms with van der Waals surface area (Å²) >= 11 is 0. The van der Waals surface area contributed by atoms with Crippen molar-refractivity contribution in [2.24, 2.45) is 5.92 Å². The monoisotopic (exact) mass is 399 g/mol. The van der Waals surface area contributed by atoms with Gasteiger partial charge in [-0.2, -0.15) is 0 Å². The van der Waals surface area contributed by atoms with Crippen molar-refractivity contribution in [1.82, 2.24) is 4.90 Å². The van der Waals surface area contributed by atoms with Gasteiger partial charge < -0.3 is 29.3 Å². The Bertz CT molecular complexity index is 930. The van der Waals surface area contributed by atoms with E-state index >= 15 is 0 Å². The van der Waals surface area contributed by atoms with E-state index in [0.717, 1.165) is 5.56 Å². The highest BCUT2D eigenvalue weighted by molar-refractivity contribution is 5.82. The number of ether oxygens (including phenoxy) is 3. The minimum absolute atomic E-state index is 0.271. The van der Waals surface area contributed by atoms with Crippen molar-refractivity contribution < 1.29 is 29.2 Å². The van der Waals surface area contributed by atoms with Gasteiger partial charge in [0.2, 0.25) is 5.91 Å². The molecule has 2 aliphatic rings. The Morgan fingerprint density at radius 2 is 1.83 bits per heavy atom. The molecule has 7 heteroatoms. The van der Waals surface area contributed by atoms with E-state index in [2.05, 4.69) is 0 Å². The predicted octanol–water partition coefficient (Wildman–Crippen LogP) is 1.52. The Hall–Kier alpha value is -2.77. The molecule has 4 rings (SSSR count). The molecule has 2 N–H and O–H groups in total. The standard InChI is InChI=1S/C22H25NO6/c1-23(2)21(25)17-16(12-8-6-5-7-9-12)20-22(26,19(17)24)18-14(28-4)10-13(27-3)11-15(18)29-20/h5-11,16-17,19-20,24,26H,1-4H3/t16-,17-,19-,20?,22+/m1/s1. The normalized spacial score (nSPS) is 29.6. The van der Waals surface area contributed by atoms with E-state index in [1.807, 2.05) is 30.3 Å². The first kappa shape index (κ1) is 19.5. The molecule has 1 heterocycles. The summed E-state index contributed by atoms with van der Waals surface area (Å²) in [4.78, 5) is 14.5. The summed E-state index contributed by atoms with van der Waals surface area (Å²) in [6.45, 7) is 0. The number of rotatable bonds is 4. The molecule has 29 heavy (non-hydrogen) atoms. The molecule has 1 amide bonds. The Morgan fingerprint density at radius 1 is 1.14 bits per heavy atom. The fourth-order valence-electron chi connectivity index (χ4n) is 4.67. The quantitative estimate of drug-likeness (QED) is 0.811. The first-order chi connectivity index (χ1) is 13.8. The van der Waals surface area contributed by atoms with Crippen molar-refractivity contribution >= 4 is 5.91 Å². The SMILES string of the molecule is COc1cc(OC)c2c(c1)OC1[C@H](c3ccccc3)[C@@H](C(=O)N(C)C)[C@@H](O)[C@@]21O. The predicted molar refractivity (Wildman–Crippen MR) is 105 cm³/mol. The van der Waals surface area contributed by atoms with Crippen molar-refractivity contribution in [1.29, 1.82) is 0 Å². The highest BCUT2D eigenvalue weighted by atomic mass is 16.5. The molecule has 0 saturated heterocycles. The van der Waals surface area contributed by atoms with Gasteiger partial charge in [-0.1, -0.05) is 30.3 Å². The maximum absolute atomic E-state index is 13.0. The van der Waals surface area contributed by atoms with Gasteiger partial charge in [0.15, 0.2) is 5.60 Å². The first-order valence-corrected chi connectivity index (χ1v) is 9.44. The van der Waals surface area contributed by atoms with Gasteiger partial charge in [0.25, 0.3) is 0 Å².